The number of nitrogens with zero attached hydrogens (tertiary/aromatic N) is 3. The first-order valence-electron chi connectivity index (χ1n) is 5.24. The molecule has 9 nitrogen and oxygen atoms in total. The Kier molecular flexibility index (Phi) is 4.35. The van der Waals surface area contributed by atoms with Gasteiger partial charge in [-0.15, -0.1) is 0 Å². The largest absolute Gasteiger partial charge is 0.341 e. The quantitative estimate of drug-likeness (QED) is 0.591. The van der Waals surface area contributed by atoms with Gasteiger partial charge in [0.05, 0.1) is 15.9 Å². The van der Waals surface area contributed by atoms with E-state index in [9.17, 15) is 25.0 Å². The third-order valence-electron chi connectivity index (χ3n) is 2.23. The molecule has 9 heteroatoms. The fourth-order valence-electron chi connectivity index (χ4n) is 1.30. The minimum atomic E-state index is -0.779. The first-order valence-corrected chi connectivity index (χ1v) is 5.24. The van der Waals surface area contributed by atoms with Gasteiger partial charge in [-0.1, -0.05) is 6.92 Å². The van der Waals surface area contributed by atoms with E-state index >= 15 is 0 Å². The molecule has 0 saturated carbocycles. The number of benzene rings is 1. The SMILES string of the molecule is CCC(=O)ON(C)c1ccc([N+](=O)[O-])cc1[N+](=O)[O-]. The number of carbonyl (C=O) groups excluding carboxylic acids is 1. The van der Waals surface area contributed by atoms with Gasteiger partial charge in [0.15, 0.2) is 5.69 Å². The summed E-state index contributed by atoms with van der Waals surface area (Å²) in [5.41, 5.74) is -0.969. The Hall–Kier alpha value is -2.71. The average molecular weight is 269 g/mol. The van der Waals surface area contributed by atoms with Crippen LogP contribution in [0.4, 0.5) is 17.1 Å². The smallest absolute Gasteiger partial charge is 0.332 e. The molecule has 0 unspecified atom stereocenters. The molecule has 0 saturated heterocycles. The average Bonchev–Trinajstić information content (AvgIpc) is 2.37. The lowest BCUT2D eigenvalue weighted by Crippen LogP contribution is -2.22. The topological polar surface area (TPSA) is 116 Å². The number of anilines is 1. The summed E-state index contributed by atoms with van der Waals surface area (Å²) >= 11 is 0. The van der Waals surface area contributed by atoms with Crippen LogP contribution in [0.5, 0.6) is 0 Å². The molecule has 0 aliphatic rings. The first kappa shape index (κ1) is 14.4. The summed E-state index contributed by atoms with van der Waals surface area (Å²) in [7, 11) is 1.31. The normalized spacial score (nSPS) is 9.79. The predicted octanol–water partition coefficient (Wildman–Crippen LogP) is 1.81. The molecular weight excluding hydrogens is 258 g/mol. The van der Waals surface area contributed by atoms with Crippen molar-refractivity contribution in [1.29, 1.82) is 0 Å². The molecule has 0 aliphatic heterocycles. The second-order valence-corrected chi connectivity index (χ2v) is 3.50. The van der Waals surface area contributed by atoms with Crippen molar-refractivity contribution in [3.63, 3.8) is 0 Å². The fraction of sp³-hybridized carbons (Fsp3) is 0.300. The molecule has 19 heavy (non-hydrogen) atoms. The Morgan fingerprint density at radius 3 is 2.42 bits per heavy atom. The third-order valence-corrected chi connectivity index (χ3v) is 2.23. The van der Waals surface area contributed by atoms with Gasteiger partial charge >= 0.3 is 11.7 Å². The van der Waals surface area contributed by atoms with Gasteiger partial charge in [0.2, 0.25) is 0 Å². The zero-order valence-corrected chi connectivity index (χ0v) is 10.2. The zero-order valence-electron chi connectivity index (χ0n) is 10.2. The number of rotatable bonds is 5. The van der Waals surface area contributed by atoms with E-state index in [1.807, 2.05) is 0 Å². The minimum absolute atomic E-state index is 0.0441. The molecule has 0 aromatic heterocycles. The Balaban J connectivity index is 3.16. The van der Waals surface area contributed by atoms with E-state index in [0.29, 0.717) is 0 Å². The predicted molar refractivity (Wildman–Crippen MR) is 64.5 cm³/mol. The second kappa shape index (κ2) is 5.76. The van der Waals surface area contributed by atoms with Gasteiger partial charge in [-0.3, -0.25) is 20.2 Å². The summed E-state index contributed by atoms with van der Waals surface area (Å²) in [6.45, 7) is 1.57. The first-order chi connectivity index (χ1) is 8.86. The van der Waals surface area contributed by atoms with Gasteiger partial charge in [0.25, 0.3) is 5.69 Å². The van der Waals surface area contributed by atoms with Crippen LogP contribution in [0.3, 0.4) is 0 Å². The number of nitro groups is 2. The van der Waals surface area contributed by atoms with Crippen molar-refractivity contribution in [2.24, 2.45) is 0 Å². The van der Waals surface area contributed by atoms with Gasteiger partial charge < -0.3 is 4.84 Å². The maximum atomic E-state index is 11.1. The molecule has 0 spiro atoms. The van der Waals surface area contributed by atoms with E-state index in [1.165, 1.54) is 7.05 Å². The maximum Gasteiger partial charge on any atom is 0.332 e. The summed E-state index contributed by atoms with van der Waals surface area (Å²) in [5.74, 6) is -0.574. The highest BCUT2D eigenvalue weighted by molar-refractivity contribution is 5.72. The highest BCUT2D eigenvalue weighted by Crippen LogP contribution is 2.31. The molecule has 1 rings (SSSR count). The Labute approximate surface area is 107 Å². The molecule has 1 aromatic rings. The molecule has 0 atom stereocenters. The Bertz CT molecular complexity index is 530. The molecule has 0 fully saturated rings. The minimum Gasteiger partial charge on any atom is -0.341 e. The number of non-ortho nitro benzene ring substituents is 1. The second-order valence-electron chi connectivity index (χ2n) is 3.50. The van der Waals surface area contributed by atoms with E-state index in [4.69, 9.17) is 4.84 Å². The lowest BCUT2D eigenvalue weighted by molar-refractivity contribution is -0.393. The van der Waals surface area contributed by atoms with Crippen molar-refractivity contribution in [2.45, 2.75) is 13.3 Å². The number of carbonyl (C=O) groups is 1. The molecule has 0 radical (unpaired) electrons. The van der Waals surface area contributed by atoms with E-state index in [0.717, 1.165) is 23.3 Å². The summed E-state index contributed by atoms with van der Waals surface area (Å²) < 4.78 is 0. The number of hydrogen-bond donors (Lipinski definition) is 0. The van der Waals surface area contributed by atoms with Gasteiger partial charge in [-0.05, 0) is 6.07 Å². The van der Waals surface area contributed by atoms with Crippen molar-refractivity contribution in [2.75, 3.05) is 12.1 Å². The van der Waals surface area contributed by atoms with Gasteiger partial charge in [-0.25, -0.2) is 9.86 Å². The standard InChI is InChI=1S/C10H11N3O6/c1-3-10(14)19-11(2)8-5-4-7(12(15)16)6-9(8)13(17)18/h4-6H,3H2,1-2H3. The van der Waals surface area contributed by atoms with Crippen LogP contribution in [-0.4, -0.2) is 22.9 Å². The monoisotopic (exact) mass is 269 g/mol. The van der Waals surface area contributed by atoms with Gasteiger partial charge in [-0.2, -0.15) is 0 Å². The zero-order chi connectivity index (χ0) is 14.6. The maximum absolute atomic E-state index is 11.1. The molecule has 0 heterocycles. The number of nitro benzene ring substituents is 2. The highest BCUT2D eigenvalue weighted by atomic mass is 16.7. The van der Waals surface area contributed by atoms with Gasteiger partial charge in [0.1, 0.15) is 0 Å². The molecule has 0 N–H and O–H groups in total. The number of hydrogen-bond acceptors (Lipinski definition) is 7. The molecular formula is C10H11N3O6. The van der Waals surface area contributed by atoms with Crippen LogP contribution in [-0.2, 0) is 9.63 Å². The summed E-state index contributed by atoms with van der Waals surface area (Å²) in [4.78, 5) is 35.8. The molecule has 1 aromatic carbocycles. The van der Waals surface area contributed by atoms with Crippen molar-refractivity contribution < 1.29 is 19.5 Å². The fourth-order valence-corrected chi connectivity index (χ4v) is 1.30. The lowest BCUT2D eigenvalue weighted by Gasteiger charge is -2.17. The van der Waals surface area contributed by atoms with Crippen molar-refractivity contribution in [3.05, 3.63) is 38.4 Å². The Morgan fingerprint density at radius 1 is 1.32 bits per heavy atom. The van der Waals surface area contributed by atoms with Crippen LogP contribution in [0.1, 0.15) is 13.3 Å². The molecule has 0 aliphatic carbocycles. The van der Waals surface area contributed by atoms with E-state index < -0.39 is 27.2 Å². The third kappa shape index (κ3) is 3.37. The van der Waals surface area contributed by atoms with Gasteiger partial charge in [0, 0.05) is 19.5 Å². The van der Waals surface area contributed by atoms with Crippen LogP contribution in [0.25, 0.3) is 0 Å². The van der Waals surface area contributed by atoms with Crippen LogP contribution in [0.15, 0.2) is 18.2 Å². The van der Waals surface area contributed by atoms with Crippen LogP contribution < -0.4 is 5.06 Å². The van der Waals surface area contributed by atoms with Crippen LogP contribution >= 0.6 is 0 Å². The van der Waals surface area contributed by atoms with Crippen LogP contribution in [0, 0.1) is 20.2 Å². The lowest BCUT2D eigenvalue weighted by atomic mass is 10.2. The Morgan fingerprint density at radius 2 is 1.95 bits per heavy atom. The van der Waals surface area contributed by atoms with Crippen molar-refractivity contribution in [3.8, 4) is 0 Å². The summed E-state index contributed by atoms with van der Waals surface area (Å²) in [6, 6.07) is 3.06. The van der Waals surface area contributed by atoms with Crippen molar-refractivity contribution >= 4 is 23.0 Å². The molecule has 0 bridgehead atoms. The number of hydroxylamine groups is 1. The van der Waals surface area contributed by atoms with Crippen LogP contribution in [0.2, 0.25) is 0 Å². The molecule has 102 valence electrons. The van der Waals surface area contributed by atoms with E-state index in [-0.39, 0.29) is 12.1 Å². The van der Waals surface area contributed by atoms with Crippen molar-refractivity contribution in [1.82, 2.24) is 0 Å². The molecule has 0 amide bonds. The van der Waals surface area contributed by atoms with E-state index in [1.54, 1.807) is 6.92 Å². The summed E-state index contributed by atoms with van der Waals surface area (Å²) in [6.07, 6.45) is 0.102. The highest BCUT2D eigenvalue weighted by Gasteiger charge is 2.23. The van der Waals surface area contributed by atoms with E-state index in [2.05, 4.69) is 0 Å². The summed E-state index contributed by atoms with van der Waals surface area (Å²) in [5, 5.41) is 22.3.